The lowest BCUT2D eigenvalue weighted by Crippen LogP contribution is -2.39. The second-order valence-corrected chi connectivity index (χ2v) is 5.65. The molecule has 0 atom stereocenters. The van der Waals surface area contributed by atoms with Crippen molar-refractivity contribution >= 4 is 17.7 Å². The number of amides is 2. The van der Waals surface area contributed by atoms with Crippen LogP contribution in [0.15, 0.2) is 18.2 Å². The largest absolute Gasteiger partial charge is 0.444 e. The van der Waals surface area contributed by atoms with Crippen LogP contribution in [0.25, 0.3) is 0 Å². The average Bonchev–Trinajstić information content (AvgIpc) is 2.46. The second-order valence-electron chi connectivity index (χ2n) is 5.65. The van der Waals surface area contributed by atoms with Crippen molar-refractivity contribution in [3.8, 4) is 0 Å². The van der Waals surface area contributed by atoms with Gasteiger partial charge < -0.3 is 10.1 Å². The van der Waals surface area contributed by atoms with Crippen molar-refractivity contribution in [1.82, 2.24) is 4.90 Å². The molecule has 108 valence electrons. The van der Waals surface area contributed by atoms with Gasteiger partial charge in [0.2, 0.25) is 5.91 Å². The maximum absolute atomic E-state index is 13.8. The fourth-order valence-electron chi connectivity index (χ4n) is 1.90. The minimum atomic E-state index is -0.669. The minimum Gasteiger partial charge on any atom is -0.444 e. The lowest BCUT2D eigenvalue weighted by Gasteiger charge is -2.25. The minimum absolute atomic E-state index is 0.00431. The molecule has 6 heteroatoms. The van der Waals surface area contributed by atoms with Crippen molar-refractivity contribution in [3.63, 3.8) is 0 Å². The fraction of sp³-hybridized carbons (Fsp3) is 0.429. The summed E-state index contributed by atoms with van der Waals surface area (Å²) >= 11 is 0. The molecule has 2 amide bonds. The summed E-state index contributed by atoms with van der Waals surface area (Å²) in [5, 5.41) is 2.58. The maximum Gasteiger partial charge on any atom is 0.411 e. The Labute approximate surface area is 116 Å². The van der Waals surface area contributed by atoms with Crippen LogP contribution in [0, 0.1) is 5.82 Å². The first kappa shape index (κ1) is 14.3. The third-order valence-electron chi connectivity index (χ3n) is 2.73. The quantitative estimate of drug-likeness (QED) is 0.794. The Hall–Kier alpha value is -2.11. The highest BCUT2D eigenvalue weighted by molar-refractivity contribution is 5.95. The van der Waals surface area contributed by atoms with Crippen molar-refractivity contribution < 1.29 is 18.7 Å². The molecule has 1 aromatic rings. The van der Waals surface area contributed by atoms with Crippen LogP contribution in [0.1, 0.15) is 26.3 Å². The normalized spacial score (nSPS) is 15.2. The number of carbonyl (C=O) groups excluding carboxylic acids is 2. The maximum atomic E-state index is 13.8. The van der Waals surface area contributed by atoms with Crippen molar-refractivity contribution in [2.75, 3.05) is 11.9 Å². The van der Waals surface area contributed by atoms with Gasteiger partial charge in [-0.2, -0.15) is 0 Å². The summed E-state index contributed by atoms with van der Waals surface area (Å²) < 4.78 is 19.0. The Morgan fingerprint density at radius 1 is 1.35 bits per heavy atom. The monoisotopic (exact) mass is 280 g/mol. The number of nitrogens with one attached hydrogen (secondary N) is 1. The van der Waals surface area contributed by atoms with Crippen LogP contribution >= 0.6 is 0 Å². The summed E-state index contributed by atoms with van der Waals surface area (Å²) in [6.45, 7) is 5.03. The predicted octanol–water partition coefficient (Wildman–Crippen LogP) is 2.51. The van der Waals surface area contributed by atoms with E-state index < -0.39 is 17.5 Å². The number of carbonyl (C=O) groups is 2. The Morgan fingerprint density at radius 3 is 2.70 bits per heavy atom. The van der Waals surface area contributed by atoms with Gasteiger partial charge in [0.1, 0.15) is 18.0 Å². The summed E-state index contributed by atoms with van der Waals surface area (Å²) in [5.74, 6) is -0.835. The van der Waals surface area contributed by atoms with Crippen molar-refractivity contribution in [2.45, 2.75) is 32.9 Å². The van der Waals surface area contributed by atoms with Crippen molar-refractivity contribution in [2.24, 2.45) is 0 Å². The van der Waals surface area contributed by atoms with Crippen LogP contribution in [-0.2, 0) is 16.1 Å². The molecule has 1 aliphatic rings. The molecule has 1 aliphatic heterocycles. The molecule has 0 saturated heterocycles. The summed E-state index contributed by atoms with van der Waals surface area (Å²) in [7, 11) is 0. The van der Waals surface area contributed by atoms with Gasteiger partial charge >= 0.3 is 6.09 Å². The molecule has 0 aliphatic carbocycles. The zero-order valence-corrected chi connectivity index (χ0v) is 11.7. The van der Waals surface area contributed by atoms with Gasteiger partial charge in [-0.3, -0.25) is 9.69 Å². The van der Waals surface area contributed by atoms with E-state index in [4.69, 9.17) is 4.74 Å². The molecule has 0 fully saturated rings. The number of nitrogens with zero attached hydrogens (tertiary/aromatic N) is 1. The van der Waals surface area contributed by atoms with Crippen LogP contribution in [-0.4, -0.2) is 29.0 Å². The molecule has 0 unspecified atom stereocenters. The molecular formula is C14H17FN2O3. The number of hydrogen-bond acceptors (Lipinski definition) is 3. The van der Waals surface area contributed by atoms with Gasteiger partial charge in [0.05, 0.1) is 6.54 Å². The fourth-order valence-corrected chi connectivity index (χ4v) is 1.90. The second kappa shape index (κ2) is 5.11. The first-order valence-corrected chi connectivity index (χ1v) is 6.31. The number of rotatable bonds is 0. The molecule has 0 radical (unpaired) electrons. The van der Waals surface area contributed by atoms with E-state index in [1.165, 1.54) is 17.0 Å². The number of benzene rings is 1. The third kappa shape index (κ3) is 3.26. The third-order valence-corrected chi connectivity index (χ3v) is 2.73. The van der Waals surface area contributed by atoms with E-state index in [2.05, 4.69) is 5.32 Å². The number of hydrogen-bond donors (Lipinski definition) is 1. The van der Waals surface area contributed by atoms with Crippen LogP contribution in [0.4, 0.5) is 14.9 Å². The van der Waals surface area contributed by atoms with Gasteiger partial charge in [0, 0.05) is 11.3 Å². The van der Waals surface area contributed by atoms with Crippen LogP contribution in [0.2, 0.25) is 0 Å². The average molecular weight is 280 g/mol. The Kier molecular flexibility index (Phi) is 3.65. The van der Waals surface area contributed by atoms with Gasteiger partial charge in [-0.1, -0.05) is 6.07 Å². The summed E-state index contributed by atoms with van der Waals surface area (Å²) in [5.41, 5.74) is 0.00282. The zero-order chi connectivity index (χ0) is 14.9. The molecule has 1 aromatic carbocycles. The first-order chi connectivity index (χ1) is 9.26. The Morgan fingerprint density at radius 2 is 2.05 bits per heavy atom. The first-order valence-electron chi connectivity index (χ1n) is 6.31. The standard InChI is InChI=1S/C14H17FN2O3/c1-14(2,3)20-13(19)17-7-9-10(15)5-4-6-11(9)16-12(18)8-17/h4-6H,7-8H2,1-3H3,(H,16,18). The molecule has 1 heterocycles. The lowest BCUT2D eigenvalue weighted by atomic mass is 10.1. The SMILES string of the molecule is CC(C)(C)OC(=O)N1CC(=O)Nc2cccc(F)c2C1. The molecule has 0 saturated carbocycles. The van der Waals surface area contributed by atoms with Crippen molar-refractivity contribution in [3.05, 3.63) is 29.6 Å². The van der Waals surface area contributed by atoms with Crippen LogP contribution < -0.4 is 5.32 Å². The number of anilines is 1. The van der Waals surface area contributed by atoms with E-state index in [9.17, 15) is 14.0 Å². The van der Waals surface area contributed by atoms with Crippen LogP contribution in [0.3, 0.4) is 0 Å². The Balaban J connectivity index is 2.27. The predicted molar refractivity (Wildman–Crippen MR) is 71.7 cm³/mol. The topological polar surface area (TPSA) is 58.6 Å². The molecule has 1 N–H and O–H groups in total. The molecule has 0 aromatic heterocycles. The highest BCUT2D eigenvalue weighted by Crippen LogP contribution is 2.24. The number of halogens is 1. The van der Waals surface area contributed by atoms with E-state index in [0.29, 0.717) is 5.69 Å². The van der Waals surface area contributed by atoms with Gasteiger partial charge in [0.15, 0.2) is 0 Å². The Bertz CT molecular complexity index is 552. The van der Waals surface area contributed by atoms with Gasteiger partial charge in [-0.25, -0.2) is 9.18 Å². The summed E-state index contributed by atoms with van der Waals surface area (Å²) in [4.78, 5) is 25.0. The van der Waals surface area contributed by atoms with E-state index in [0.717, 1.165) is 0 Å². The number of fused-ring (bicyclic) bond motifs is 1. The summed E-state index contributed by atoms with van der Waals surface area (Å²) in [6, 6.07) is 4.41. The van der Waals surface area contributed by atoms with E-state index in [1.807, 2.05) is 0 Å². The van der Waals surface area contributed by atoms with Crippen LogP contribution in [0.5, 0.6) is 0 Å². The van der Waals surface area contributed by atoms with E-state index in [1.54, 1.807) is 26.8 Å². The lowest BCUT2D eigenvalue weighted by molar-refractivity contribution is -0.117. The van der Waals surface area contributed by atoms with Gasteiger partial charge in [-0.05, 0) is 32.9 Å². The van der Waals surface area contributed by atoms with Gasteiger partial charge in [0.25, 0.3) is 0 Å². The smallest absolute Gasteiger partial charge is 0.411 e. The molecule has 5 nitrogen and oxygen atoms in total. The molecule has 0 spiro atoms. The van der Waals surface area contributed by atoms with Gasteiger partial charge in [-0.15, -0.1) is 0 Å². The highest BCUT2D eigenvalue weighted by atomic mass is 19.1. The van der Waals surface area contributed by atoms with E-state index in [-0.39, 0.29) is 24.6 Å². The van der Waals surface area contributed by atoms with E-state index >= 15 is 0 Å². The van der Waals surface area contributed by atoms with Crippen molar-refractivity contribution in [1.29, 1.82) is 0 Å². The summed E-state index contributed by atoms with van der Waals surface area (Å²) in [6.07, 6.45) is -0.635. The molecule has 0 bridgehead atoms. The molecule has 2 rings (SSSR count). The number of ether oxygens (including phenoxy) is 1. The molecule has 20 heavy (non-hydrogen) atoms. The molecular weight excluding hydrogens is 263 g/mol. The zero-order valence-electron chi connectivity index (χ0n) is 11.7. The highest BCUT2D eigenvalue weighted by Gasteiger charge is 2.28.